The van der Waals surface area contributed by atoms with E-state index in [2.05, 4.69) is 20.8 Å². The van der Waals surface area contributed by atoms with Gasteiger partial charge >= 0.3 is 0 Å². The number of pyridine rings is 1. The number of ether oxygens (including phenoxy) is 1. The molecule has 164 valence electrons. The van der Waals surface area contributed by atoms with Crippen molar-refractivity contribution in [3.05, 3.63) is 59.0 Å². The second-order valence-electron chi connectivity index (χ2n) is 8.05. The van der Waals surface area contributed by atoms with Gasteiger partial charge < -0.3 is 25.0 Å². The van der Waals surface area contributed by atoms with Crippen molar-refractivity contribution in [3.8, 4) is 11.3 Å². The molecule has 0 bridgehead atoms. The molecular formula is C23H28N4O4. The number of aliphatic hydroxyl groups is 1. The number of aromatic nitrogens is 2. The van der Waals surface area contributed by atoms with Crippen LogP contribution in [0, 0.1) is 13.8 Å². The Labute approximate surface area is 181 Å². The SMILES string of the molecule is Cc1ccc(-c2noc(C)c2COC2=CC=C(C(=O)N[C@@H]3CCCC[C@@H]3O)CN2)cn1. The Kier molecular flexibility index (Phi) is 6.36. The lowest BCUT2D eigenvalue weighted by molar-refractivity contribution is -0.119. The van der Waals surface area contributed by atoms with Crippen molar-refractivity contribution in [2.45, 2.75) is 58.3 Å². The van der Waals surface area contributed by atoms with Crippen LogP contribution >= 0.6 is 0 Å². The minimum atomic E-state index is -0.464. The van der Waals surface area contributed by atoms with Crippen molar-refractivity contribution < 1.29 is 19.2 Å². The van der Waals surface area contributed by atoms with Crippen LogP contribution in [0.3, 0.4) is 0 Å². The van der Waals surface area contributed by atoms with Gasteiger partial charge in [0.15, 0.2) is 5.88 Å². The van der Waals surface area contributed by atoms with Gasteiger partial charge in [-0.1, -0.05) is 18.0 Å². The number of carbonyl (C=O) groups is 1. The number of aliphatic hydroxyl groups excluding tert-OH is 1. The number of carbonyl (C=O) groups excluding carboxylic acids is 1. The average molecular weight is 425 g/mol. The van der Waals surface area contributed by atoms with Gasteiger partial charge in [0.1, 0.15) is 18.1 Å². The van der Waals surface area contributed by atoms with Gasteiger partial charge in [0.05, 0.1) is 17.7 Å². The standard InChI is InChI=1S/C23H28N4O4/c1-14-7-8-16(11-24-14)22-18(15(2)31-27-22)13-30-21-10-9-17(12-25-21)23(29)26-19-5-3-4-6-20(19)28/h7-11,19-20,25,28H,3-6,12-13H2,1-2H3,(H,26,29)/t19-,20+/m1/s1. The maximum Gasteiger partial charge on any atom is 0.249 e. The highest BCUT2D eigenvalue weighted by atomic mass is 16.5. The summed E-state index contributed by atoms with van der Waals surface area (Å²) in [6.45, 7) is 4.42. The predicted molar refractivity (Wildman–Crippen MR) is 115 cm³/mol. The summed E-state index contributed by atoms with van der Waals surface area (Å²) in [5.74, 6) is 1.11. The van der Waals surface area contributed by atoms with Crippen molar-refractivity contribution in [2.75, 3.05) is 6.54 Å². The first kappa shape index (κ1) is 21.1. The Morgan fingerprint density at radius 2 is 2.13 bits per heavy atom. The zero-order valence-electron chi connectivity index (χ0n) is 17.9. The van der Waals surface area contributed by atoms with E-state index in [0.29, 0.717) is 29.5 Å². The van der Waals surface area contributed by atoms with Gasteiger partial charge in [-0.3, -0.25) is 9.78 Å². The van der Waals surface area contributed by atoms with E-state index >= 15 is 0 Å². The van der Waals surface area contributed by atoms with Gasteiger partial charge in [0.2, 0.25) is 5.91 Å². The van der Waals surface area contributed by atoms with Crippen molar-refractivity contribution in [2.24, 2.45) is 0 Å². The first-order chi connectivity index (χ1) is 15.0. The molecule has 8 nitrogen and oxygen atoms in total. The first-order valence-corrected chi connectivity index (χ1v) is 10.7. The van der Waals surface area contributed by atoms with Crippen LogP contribution in [0.15, 0.2) is 46.5 Å². The third-order valence-corrected chi connectivity index (χ3v) is 5.77. The summed E-state index contributed by atoms with van der Waals surface area (Å²) in [4.78, 5) is 16.8. The monoisotopic (exact) mass is 424 g/mol. The minimum Gasteiger partial charge on any atom is -0.474 e. The van der Waals surface area contributed by atoms with E-state index in [-0.39, 0.29) is 18.6 Å². The molecule has 8 heteroatoms. The number of rotatable bonds is 6. The van der Waals surface area contributed by atoms with E-state index in [1.807, 2.05) is 26.0 Å². The van der Waals surface area contributed by atoms with Gasteiger partial charge in [-0.15, -0.1) is 0 Å². The average Bonchev–Trinajstić information content (AvgIpc) is 3.15. The number of nitrogens with zero attached hydrogens (tertiary/aromatic N) is 2. The lowest BCUT2D eigenvalue weighted by Crippen LogP contribution is -2.46. The molecule has 1 amide bonds. The smallest absolute Gasteiger partial charge is 0.249 e. The maximum atomic E-state index is 12.5. The van der Waals surface area contributed by atoms with E-state index in [1.165, 1.54) is 0 Å². The fourth-order valence-electron chi connectivity index (χ4n) is 3.82. The number of aryl methyl sites for hydroxylation is 2. The van der Waals surface area contributed by atoms with Crippen molar-refractivity contribution in [1.29, 1.82) is 0 Å². The number of dihydropyridines is 1. The molecule has 1 aliphatic heterocycles. The Balaban J connectivity index is 1.38. The Morgan fingerprint density at radius 3 is 2.84 bits per heavy atom. The summed E-state index contributed by atoms with van der Waals surface area (Å²) in [5, 5.41) is 20.3. The zero-order valence-corrected chi connectivity index (χ0v) is 17.9. The highest BCUT2D eigenvalue weighted by Gasteiger charge is 2.26. The molecule has 2 aromatic heterocycles. The van der Waals surface area contributed by atoms with Crippen LogP contribution in [0.2, 0.25) is 0 Å². The van der Waals surface area contributed by atoms with E-state index in [9.17, 15) is 9.90 Å². The molecule has 2 aliphatic rings. The van der Waals surface area contributed by atoms with E-state index in [1.54, 1.807) is 18.3 Å². The number of hydrogen-bond donors (Lipinski definition) is 3. The van der Waals surface area contributed by atoms with Crippen LogP contribution in [0.5, 0.6) is 0 Å². The minimum absolute atomic E-state index is 0.155. The summed E-state index contributed by atoms with van der Waals surface area (Å²) in [5.41, 5.74) is 3.98. The highest BCUT2D eigenvalue weighted by Crippen LogP contribution is 2.26. The van der Waals surface area contributed by atoms with Crippen LogP contribution in [-0.4, -0.2) is 39.8 Å². The second-order valence-corrected chi connectivity index (χ2v) is 8.05. The molecule has 1 saturated carbocycles. The van der Waals surface area contributed by atoms with E-state index in [0.717, 1.165) is 42.5 Å². The fraction of sp³-hybridized carbons (Fsp3) is 0.435. The number of amides is 1. The number of nitrogens with one attached hydrogen (secondary N) is 2. The Bertz CT molecular complexity index is 994. The molecule has 0 radical (unpaired) electrons. The molecule has 1 aliphatic carbocycles. The van der Waals surface area contributed by atoms with Crippen molar-refractivity contribution >= 4 is 5.91 Å². The maximum absolute atomic E-state index is 12.5. The van der Waals surface area contributed by atoms with Crippen LogP contribution in [0.1, 0.15) is 42.7 Å². The van der Waals surface area contributed by atoms with Crippen LogP contribution in [-0.2, 0) is 16.1 Å². The fourth-order valence-corrected chi connectivity index (χ4v) is 3.82. The highest BCUT2D eigenvalue weighted by molar-refractivity contribution is 5.94. The summed E-state index contributed by atoms with van der Waals surface area (Å²) < 4.78 is 11.3. The number of hydrogen-bond acceptors (Lipinski definition) is 7. The quantitative estimate of drug-likeness (QED) is 0.654. The molecule has 1 fully saturated rings. The Hall–Kier alpha value is -3.13. The van der Waals surface area contributed by atoms with Crippen molar-refractivity contribution in [1.82, 2.24) is 20.8 Å². The normalized spacial score (nSPS) is 21.0. The van der Waals surface area contributed by atoms with Crippen molar-refractivity contribution in [3.63, 3.8) is 0 Å². The third kappa shape index (κ3) is 4.96. The molecule has 3 heterocycles. The molecule has 0 saturated heterocycles. The van der Waals surface area contributed by atoms with Gasteiger partial charge in [-0.2, -0.15) is 0 Å². The summed E-state index contributed by atoms with van der Waals surface area (Å²) >= 11 is 0. The van der Waals surface area contributed by atoms with Gasteiger partial charge in [0, 0.05) is 29.6 Å². The van der Waals surface area contributed by atoms with Crippen LogP contribution < -0.4 is 10.6 Å². The molecule has 0 aromatic carbocycles. The summed E-state index contributed by atoms with van der Waals surface area (Å²) in [7, 11) is 0. The third-order valence-electron chi connectivity index (χ3n) is 5.77. The molecule has 0 spiro atoms. The summed E-state index contributed by atoms with van der Waals surface area (Å²) in [6.07, 6.45) is 8.39. The zero-order chi connectivity index (χ0) is 21.8. The first-order valence-electron chi connectivity index (χ1n) is 10.7. The Morgan fingerprint density at radius 1 is 1.29 bits per heavy atom. The van der Waals surface area contributed by atoms with Crippen LogP contribution in [0.25, 0.3) is 11.3 Å². The second kappa shape index (κ2) is 9.34. The largest absolute Gasteiger partial charge is 0.474 e. The van der Waals surface area contributed by atoms with Crippen LogP contribution in [0.4, 0.5) is 0 Å². The predicted octanol–water partition coefficient (Wildman–Crippen LogP) is 2.66. The number of allylic oxidation sites excluding steroid dienone is 2. The van der Waals surface area contributed by atoms with Gasteiger partial charge in [-0.05, 0) is 51.0 Å². The topological polar surface area (TPSA) is 110 Å². The molecule has 0 unspecified atom stereocenters. The molecule has 2 aromatic rings. The van der Waals surface area contributed by atoms with Gasteiger partial charge in [-0.25, -0.2) is 0 Å². The lowest BCUT2D eigenvalue weighted by atomic mass is 9.92. The lowest BCUT2D eigenvalue weighted by Gasteiger charge is -2.29. The molecule has 2 atom stereocenters. The van der Waals surface area contributed by atoms with E-state index < -0.39 is 6.10 Å². The molecule has 3 N–H and O–H groups in total. The molecule has 4 rings (SSSR count). The van der Waals surface area contributed by atoms with E-state index in [4.69, 9.17) is 9.26 Å². The summed E-state index contributed by atoms with van der Waals surface area (Å²) in [6, 6.07) is 3.71. The van der Waals surface area contributed by atoms with Gasteiger partial charge in [0.25, 0.3) is 0 Å². The molecule has 31 heavy (non-hydrogen) atoms. The molecular weight excluding hydrogens is 396 g/mol.